The van der Waals surface area contributed by atoms with Gasteiger partial charge in [-0.25, -0.2) is 0 Å². The summed E-state index contributed by atoms with van der Waals surface area (Å²) >= 11 is 0. The van der Waals surface area contributed by atoms with Crippen molar-refractivity contribution in [2.45, 2.75) is 57.0 Å². The Labute approximate surface area is 390 Å². The van der Waals surface area contributed by atoms with E-state index in [4.69, 9.17) is 4.74 Å². The first-order valence-electron chi connectivity index (χ1n) is 22.1. The predicted molar refractivity (Wildman–Crippen MR) is 254 cm³/mol. The van der Waals surface area contributed by atoms with E-state index in [1.165, 1.54) is 0 Å². The average molecular weight is 921 g/mol. The van der Waals surface area contributed by atoms with Gasteiger partial charge in [-0.1, -0.05) is 121 Å². The molecule has 2 aliphatic heterocycles. The van der Waals surface area contributed by atoms with Crippen molar-refractivity contribution in [2.75, 3.05) is 12.5 Å². The Kier molecular flexibility index (Phi) is 16.2. The summed E-state index contributed by atoms with van der Waals surface area (Å²) in [6, 6.07) is 42.4. The minimum Gasteiger partial charge on any atom is -0.486 e. The summed E-state index contributed by atoms with van der Waals surface area (Å²) in [7, 11) is -4.59. The molecule has 0 saturated heterocycles. The van der Waals surface area contributed by atoms with E-state index in [1.807, 2.05) is 121 Å². The van der Waals surface area contributed by atoms with E-state index >= 15 is 0 Å². The van der Waals surface area contributed by atoms with E-state index in [9.17, 15) is 36.9 Å². The van der Waals surface area contributed by atoms with E-state index in [2.05, 4.69) is 20.9 Å². The molecule has 2 bridgehead atoms. The van der Waals surface area contributed by atoms with Crippen LogP contribution in [0.25, 0.3) is 22.3 Å². The lowest BCUT2D eigenvalue weighted by Gasteiger charge is -2.26. The molecule has 14 heteroatoms. The molecule has 67 heavy (non-hydrogen) atoms. The second-order valence-corrected chi connectivity index (χ2v) is 18.2. The fourth-order valence-electron chi connectivity index (χ4n) is 8.11. The number of hydrogen-bond acceptors (Lipinski definition) is 9. The molecule has 8 rings (SSSR count). The molecular weight excluding hydrogens is 869 g/mol. The zero-order valence-electron chi connectivity index (χ0n) is 36.8. The zero-order chi connectivity index (χ0) is 47.2. The summed E-state index contributed by atoms with van der Waals surface area (Å²) in [5.74, 6) is -5.57. The molecule has 4 atom stereocenters. The topological polar surface area (TPSA) is 198 Å². The largest absolute Gasteiger partial charge is 0.486 e. The van der Waals surface area contributed by atoms with E-state index in [0.717, 1.165) is 38.9 Å². The van der Waals surface area contributed by atoms with Gasteiger partial charge in [-0.15, -0.1) is 0 Å². The molecule has 0 spiro atoms. The molecular formula is C53H52N4O9S. The molecule has 0 saturated carbocycles. The van der Waals surface area contributed by atoms with Crippen molar-refractivity contribution >= 4 is 39.4 Å². The van der Waals surface area contributed by atoms with Gasteiger partial charge in [-0.2, -0.15) is 8.42 Å². The molecule has 3 heterocycles. The molecule has 1 aromatic heterocycles. The molecule has 5 aromatic carbocycles. The lowest BCUT2D eigenvalue weighted by molar-refractivity contribution is -0.135. The van der Waals surface area contributed by atoms with Gasteiger partial charge in [0.15, 0.2) is 11.6 Å². The van der Waals surface area contributed by atoms with E-state index < -0.39 is 69.8 Å². The second kappa shape index (κ2) is 22.7. The number of fused-ring (bicyclic) bond motifs is 16. The third-order valence-electron chi connectivity index (χ3n) is 11.8. The van der Waals surface area contributed by atoms with Crippen molar-refractivity contribution in [1.29, 1.82) is 0 Å². The Morgan fingerprint density at radius 2 is 1.19 bits per heavy atom. The van der Waals surface area contributed by atoms with Crippen LogP contribution in [0.4, 0.5) is 0 Å². The van der Waals surface area contributed by atoms with Crippen molar-refractivity contribution < 1.29 is 41.7 Å². The van der Waals surface area contributed by atoms with Gasteiger partial charge in [0.1, 0.15) is 24.3 Å². The molecule has 2 aliphatic rings. The Morgan fingerprint density at radius 3 is 1.82 bits per heavy atom. The molecule has 0 fully saturated rings. The van der Waals surface area contributed by atoms with Gasteiger partial charge in [-0.05, 0) is 94.5 Å². The lowest BCUT2D eigenvalue weighted by Crippen LogP contribution is -2.54. The van der Waals surface area contributed by atoms with Crippen LogP contribution in [0.1, 0.15) is 41.5 Å². The predicted octanol–water partition coefficient (Wildman–Crippen LogP) is 6.55. The number of amides is 3. The first kappa shape index (κ1) is 47.7. The van der Waals surface area contributed by atoms with Gasteiger partial charge in [0.25, 0.3) is 10.1 Å². The van der Waals surface area contributed by atoms with Gasteiger partial charge < -0.3 is 20.7 Å². The minimum absolute atomic E-state index is 0.00944. The zero-order valence-corrected chi connectivity index (χ0v) is 37.6. The van der Waals surface area contributed by atoms with Crippen LogP contribution in [-0.2, 0) is 59.8 Å². The number of pyridine rings is 1. The van der Waals surface area contributed by atoms with E-state index in [-0.39, 0.29) is 44.5 Å². The molecule has 0 unspecified atom stereocenters. The van der Waals surface area contributed by atoms with Crippen LogP contribution in [-0.4, -0.2) is 71.8 Å². The SMILES string of the molecule is O=C1COc2ccc(cc2)C[C@@H](C(=O)NCS(=O)(=O)O)CC(=O)[C@H](CCc2ccccc2)NC(=O)[C@@H](Cc2ccc(-c3ccccc3)cc2)NC(=O)[C@H](Cc2ccc(-c3ccncc3)cc2)C1. The number of aryl methyl sites for hydroxylation is 1. The highest BCUT2D eigenvalue weighted by molar-refractivity contribution is 7.85. The van der Waals surface area contributed by atoms with E-state index in [0.29, 0.717) is 17.7 Å². The first-order valence-corrected chi connectivity index (χ1v) is 23.7. The summed E-state index contributed by atoms with van der Waals surface area (Å²) in [6.07, 6.45) is 3.52. The highest BCUT2D eigenvalue weighted by atomic mass is 32.2. The minimum atomic E-state index is -4.59. The Morgan fingerprint density at radius 1 is 0.627 bits per heavy atom. The second-order valence-electron chi connectivity index (χ2n) is 16.8. The van der Waals surface area contributed by atoms with Crippen LogP contribution in [0.5, 0.6) is 5.75 Å². The van der Waals surface area contributed by atoms with Crippen molar-refractivity contribution in [3.63, 3.8) is 0 Å². The summed E-state index contributed by atoms with van der Waals surface area (Å²) in [5, 5.41) is 8.10. The first-order chi connectivity index (χ1) is 32.3. The van der Waals surface area contributed by atoms with E-state index in [1.54, 1.807) is 36.7 Å². The molecule has 0 aliphatic carbocycles. The highest BCUT2D eigenvalue weighted by Gasteiger charge is 2.33. The number of carbonyl (C=O) groups is 5. The van der Waals surface area contributed by atoms with Crippen LogP contribution in [0.3, 0.4) is 0 Å². The van der Waals surface area contributed by atoms with Gasteiger partial charge >= 0.3 is 0 Å². The number of nitrogens with zero attached hydrogens (tertiary/aromatic N) is 1. The van der Waals surface area contributed by atoms with Crippen LogP contribution >= 0.6 is 0 Å². The molecule has 4 N–H and O–H groups in total. The van der Waals surface area contributed by atoms with Crippen molar-refractivity contribution in [3.8, 4) is 28.0 Å². The molecule has 13 nitrogen and oxygen atoms in total. The molecule has 344 valence electrons. The third kappa shape index (κ3) is 14.3. The summed E-state index contributed by atoms with van der Waals surface area (Å²) in [4.78, 5) is 75.2. The van der Waals surface area contributed by atoms with Gasteiger partial charge in [0.2, 0.25) is 17.7 Å². The number of ketones is 2. The fraction of sp³-hybridized carbons (Fsp3) is 0.245. The van der Waals surface area contributed by atoms with Crippen molar-refractivity contribution in [2.24, 2.45) is 11.8 Å². The normalized spacial score (nSPS) is 18.6. The quantitative estimate of drug-likeness (QED) is 0.0977. The van der Waals surface area contributed by atoms with Crippen molar-refractivity contribution in [3.05, 3.63) is 180 Å². The summed E-state index contributed by atoms with van der Waals surface area (Å²) in [5.41, 5.74) is 6.87. The van der Waals surface area contributed by atoms with Crippen LogP contribution in [0.15, 0.2) is 158 Å². The monoisotopic (exact) mass is 920 g/mol. The smallest absolute Gasteiger partial charge is 0.283 e. The maximum atomic E-state index is 14.7. The number of carbonyl (C=O) groups excluding carboxylic acids is 5. The number of Topliss-reactive ketones (excluding diaryl/α,β-unsaturated/α-hetero) is 2. The molecule has 0 radical (unpaired) electrons. The van der Waals surface area contributed by atoms with Crippen LogP contribution in [0.2, 0.25) is 0 Å². The van der Waals surface area contributed by atoms with Crippen LogP contribution in [0, 0.1) is 11.8 Å². The Bertz CT molecular complexity index is 2740. The van der Waals surface area contributed by atoms with Gasteiger partial charge in [0.05, 0.1) is 6.04 Å². The number of hydrogen-bond donors (Lipinski definition) is 4. The number of aromatic nitrogens is 1. The molecule has 6 aromatic rings. The number of benzene rings is 5. The summed E-state index contributed by atoms with van der Waals surface area (Å²) in [6.45, 7) is -0.347. The number of rotatable bonds is 12. The van der Waals surface area contributed by atoms with Crippen molar-refractivity contribution in [1.82, 2.24) is 20.9 Å². The van der Waals surface area contributed by atoms with Crippen LogP contribution < -0.4 is 20.7 Å². The maximum absolute atomic E-state index is 14.7. The number of ether oxygens (including phenoxy) is 1. The Balaban J connectivity index is 1.23. The number of nitrogens with one attached hydrogen (secondary N) is 3. The Hall–Kier alpha value is -7.29. The standard InChI is InChI=1S/C53H52N4O9S/c58-46-32-44(29-37-11-18-42(19-12-37)43-25-27-54-28-26-43)52(61)57-49(31-39-13-20-41(21-14-39)40-9-5-2-6-10-40)53(62)56-48(24-17-36-7-3-1-4-8-36)50(59)33-45(51(60)55-35-67(63,64)65)30-38-15-22-47(23-16-38)66-34-46/h1-16,18-23,25-28,44-45,48-49H,17,24,29-35H2,(H,55,60)(H,56,62)(H,57,61)(H,63,64,65)/t44-,45-,48+,49-/m1/s1. The lowest BCUT2D eigenvalue weighted by atomic mass is 9.89. The highest BCUT2D eigenvalue weighted by Crippen LogP contribution is 2.25. The summed E-state index contributed by atoms with van der Waals surface area (Å²) < 4.78 is 38.5. The fourth-order valence-corrected chi connectivity index (χ4v) is 8.44. The van der Waals surface area contributed by atoms with Gasteiger partial charge in [0, 0.05) is 43.5 Å². The average Bonchev–Trinajstić information content (AvgIpc) is 3.34. The molecule has 3 amide bonds. The van der Waals surface area contributed by atoms with Gasteiger partial charge in [-0.3, -0.25) is 33.5 Å². The maximum Gasteiger partial charge on any atom is 0.283 e. The third-order valence-corrected chi connectivity index (χ3v) is 12.3.